The van der Waals surface area contributed by atoms with Crippen LogP contribution in [0, 0.1) is 10.1 Å². The SMILES string of the molecule is O=C(N/C(=C/N1CCC[C@@H]1CO)[N+](=O)[O-])c1ccccc1. The number of aliphatic hydroxyl groups is 1. The summed E-state index contributed by atoms with van der Waals surface area (Å²) in [6.45, 7) is 0.567. The summed E-state index contributed by atoms with van der Waals surface area (Å²) in [7, 11) is 0. The smallest absolute Gasteiger partial charge is 0.339 e. The first-order valence-electron chi connectivity index (χ1n) is 6.71. The number of benzene rings is 1. The lowest BCUT2D eigenvalue weighted by Crippen LogP contribution is -2.33. The number of aliphatic hydroxyl groups excluding tert-OH is 1. The summed E-state index contributed by atoms with van der Waals surface area (Å²) in [6.07, 6.45) is 2.94. The number of hydrogen-bond donors (Lipinski definition) is 2. The molecule has 1 amide bonds. The molecule has 2 rings (SSSR count). The van der Waals surface area contributed by atoms with Gasteiger partial charge in [-0.15, -0.1) is 0 Å². The van der Waals surface area contributed by atoms with Crippen LogP contribution in [0.2, 0.25) is 0 Å². The Morgan fingerprint density at radius 2 is 2.19 bits per heavy atom. The fraction of sp³-hybridized carbons (Fsp3) is 0.357. The molecule has 0 radical (unpaired) electrons. The number of carbonyl (C=O) groups is 1. The standard InChI is InChI=1S/C14H17N3O4/c18-10-12-7-4-8-16(12)9-13(17(20)21)15-14(19)11-5-2-1-3-6-11/h1-3,5-6,9,12,18H,4,7-8,10H2,(H,15,19)/b13-9-/t12-/m1/s1. The molecule has 1 aromatic carbocycles. The molecule has 0 aliphatic carbocycles. The van der Waals surface area contributed by atoms with E-state index in [4.69, 9.17) is 0 Å². The zero-order chi connectivity index (χ0) is 15.2. The Bertz CT molecular complexity index is 544. The van der Waals surface area contributed by atoms with Crippen molar-refractivity contribution in [1.29, 1.82) is 0 Å². The summed E-state index contributed by atoms with van der Waals surface area (Å²) in [5.74, 6) is -0.914. The topological polar surface area (TPSA) is 95.7 Å². The Hall–Kier alpha value is -2.41. The molecule has 1 aliphatic heterocycles. The Kier molecular flexibility index (Phi) is 4.89. The van der Waals surface area contributed by atoms with Crippen molar-refractivity contribution in [2.24, 2.45) is 0 Å². The van der Waals surface area contributed by atoms with Crippen LogP contribution in [0.15, 0.2) is 42.4 Å². The van der Waals surface area contributed by atoms with Crippen molar-refractivity contribution in [2.45, 2.75) is 18.9 Å². The van der Waals surface area contributed by atoms with Gasteiger partial charge in [0.05, 0.1) is 24.4 Å². The predicted octanol–water partition coefficient (Wildman–Crippen LogP) is 0.949. The highest BCUT2D eigenvalue weighted by atomic mass is 16.6. The van der Waals surface area contributed by atoms with E-state index >= 15 is 0 Å². The molecule has 0 bridgehead atoms. The molecular formula is C14H17N3O4. The third-order valence-electron chi connectivity index (χ3n) is 3.40. The van der Waals surface area contributed by atoms with Crippen molar-refractivity contribution in [3.8, 4) is 0 Å². The van der Waals surface area contributed by atoms with Gasteiger partial charge in [0.2, 0.25) is 0 Å². The van der Waals surface area contributed by atoms with Crippen LogP contribution in [-0.4, -0.2) is 40.0 Å². The van der Waals surface area contributed by atoms with E-state index in [0.717, 1.165) is 12.8 Å². The summed E-state index contributed by atoms with van der Waals surface area (Å²) >= 11 is 0. The van der Waals surface area contributed by atoms with Crippen LogP contribution in [0.25, 0.3) is 0 Å². The third kappa shape index (κ3) is 3.79. The van der Waals surface area contributed by atoms with Gasteiger partial charge in [-0.2, -0.15) is 0 Å². The maximum absolute atomic E-state index is 12.0. The van der Waals surface area contributed by atoms with Crippen LogP contribution in [-0.2, 0) is 0 Å². The molecule has 7 nitrogen and oxygen atoms in total. The van der Waals surface area contributed by atoms with Crippen LogP contribution in [0.4, 0.5) is 0 Å². The first-order chi connectivity index (χ1) is 10.1. The molecule has 112 valence electrons. The molecule has 1 atom stereocenters. The first-order valence-corrected chi connectivity index (χ1v) is 6.71. The van der Waals surface area contributed by atoms with Crippen LogP contribution < -0.4 is 5.32 Å². The largest absolute Gasteiger partial charge is 0.394 e. The van der Waals surface area contributed by atoms with Crippen LogP contribution in [0.3, 0.4) is 0 Å². The van der Waals surface area contributed by atoms with E-state index in [1.54, 1.807) is 35.2 Å². The zero-order valence-corrected chi connectivity index (χ0v) is 11.4. The second-order valence-corrected chi connectivity index (χ2v) is 4.81. The van der Waals surface area contributed by atoms with E-state index in [1.807, 2.05) is 0 Å². The molecule has 21 heavy (non-hydrogen) atoms. The van der Waals surface area contributed by atoms with E-state index in [9.17, 15) is 20.0 Å². The van der Waals surface area contributed by atoms with Crippen molar-refractivity contribution in [1.82, 2.24) is 10.2 Å². The van der Waals surface area contributed by atoms with E-state index in [-0.39, 0.29) is 18.5 Å². The maximum Gasteiger partial charge on any atom is 0.339 e. The van der Waals surface area contributed by atoms with Gasteiger partial charge < -0.3 is 20.1 Å². The zero-order valence-electron chi connectivity index (χ0n) is 11.4. The minimum absolute atomic E-state index is 0.0614. The van der Waals surface area contributed by atoms with Gasteiger partial charge >= 0.3 is 11.7 Å². The number of nitrogens with zero attached hydrogens (tertiary/aromatic N) is 2. The van der Waals surface area contributed by atoms with E-state index in [1.165, 1.54) is 6.20 Å². The third-order valence-corrected chi connectivity index (χ3v) is 3.40. The summed E-state index contributed by atoms with van der Waals surface area (Å²) in [4.78, 5) is 24.1. The lowest BCUT2D eigenvalue weighted by atomic mass is 10.2. The molecule has 1 aromatic rings. The molecule has 7 heteroatoms. The Morgan fingerprint density at radius 1 is 1.48 bits per heavy atom. The molecular weight excluding hydrogens is 274 g/mol. The van der Waals surface area contributed by atoms with E-state index in [2.05, 4.69) is 5.32 Å². The number of hydrogen-bond acceptors (Lipinski definition) is 5. The number of rotatable bonds is 5. The van der Waals surface area contributed by atoms with Gasteiger partial charge in [0, 0.05) is 6.54 Å². The molecule has 2 N–H and O–H groups in total. The van der Waals surface area contributed by atoms with Gasteiger partial charge in [0.25, 0.3) is 0 Å². The van der Waals surface area contributed by atoms with Crippen LogP contribution in [0.1, 0.15) is 23.2 Å². The van der Waals surface area contributed by atoms with Crippen LogP contribution >= 0.6 is 0 Å². The fourth-order valence-corrected chi connectivity index (χ4v) is 2.28. The monoisotopic (exact) mass is 291 g/mol. The highest BCUT2D eigenvalue weighted by Crippen LogP contribution is 2.17. The summed E-state index contributed by atoms with van der Waals surface area (Å²) < 4.78 is 0. The number of likely N-dealkylation sites (tertiary alicyclic amines) is 1. The number of nitro groups is 1. The van der Waals surface area contributed by atoms with Crippen LogP contribution in [0.5, 0.6) is 0 Å². The lowest BCUT2D eigenvalue weighted by molar-refractivity contribution is -0.431. The molecule has 0 aromatic heterocycles. The van der Waals surface area contributed by atoms with Gasteiger partial charge in [-0.05, 0) is 29.9 Å². The van der Waals surface area contributed by atoms with Crippen molar-refractivity contribution < 1.29 is 14.8 Å². The minimum atomic E-state index is -0.631. The summed E-state index contributed by atoms with van der Waals surface area (Å²) in [5.41, 5.74) is 0.352. The van der Waals surface area contributed by atoms with Crippen molar-refractivity contribution in [2.75, 3.05) is 13.2 Å². The second-order valence-electron chi connectivity index (χ2n) is 4.81. The average molecular weight is 291 g/mol. The van der Waals surface area contributed by atoms with Gasteiger partial charge in [-0.1, -0.05) is 18.2 Å². The number of amides is 1. The fourth-order valence-electron chi connectivity index (χ4n) is 2.28. The molecule has 1 aliphatic rings. The van der Waals surface area contributed by atoms with Crippen molar-refractivity contribution in [3.05, 3.63) is 58.0 Å². The summed E-state index contributed by atoms with van der Waals surface area (Å²) in [5, 5.41) is 22.6. The average Bonchev–Trinajstić information content (AvgIpc) is 2.94. The normalized spacial score (nSPS) is 18.6. The minimum Gasteiger partial charge on any atom is -0.394 e. The number of nitrogens with one attached hydrogen (secondary N) is 1. The second kappa shape index (κ2) is 6.85. The Balaban J connectivity index is 2.12. The highest BCUT2D eigenvalue weighted by molar-refractivity contribution is 5.94. The van der Waals surface area contributed by atoms with Gasteiger partial charge in [0.15, 0.2) is 0 Å². The number of carbonyl (C=O) groups excluding carboxylic acids is 1. The lowest BCUT2D eigenvalue weighted by Gasteiger charge is -2.20. The maximum atomic E-state index is 12.0. The van der Waals surface area contributed by atoms with E-state index < -0.39 is 10.8 Å². The highest BCUT2D eigenvalue weighted by Gasteiger charge is 2.25. The van der Waals surface area contributed by atoms with Gasteiger partial charge in [-0.25, -0.2) is 10.1 Å². The molecule has 1 fully saturated rings. The Labute approximate surface area is 122 Å². The van der Waals surface area contributed by atoms with Gasteiger partial charge in [-0.3, -0.25) is 0 Å². The molecule has 1 saturated heterocycles. The first kappa shape index (κ1) is 15.0. The van der Waals surface area contributed by atoms with Crippen molar-refractivity contribution >= 4 is 5.91 Å². The van der Waals surface area contributed by atoms with E-state index in [0.29, 0.717) is 12.1 Å². The molecule has 0 saturated carbocycles. The molecule has 0 unspecified atom stereocenters. The molecule has 1 heterocycles. The Morgan fingerprint density at radius 3 is 2.81 bits per heavy atom. The quantitative estimate of drug-likeness (QED) is 0.622. The predicted molar refractivity (Wildman–Crippen MR) is 75.8 cm³/mol. The van der Waals surface area contributed by atoms with Crippen molar-refractivity contribution in [3.63, 3.8) is 0 Å². The molecule has 0 spiro atoms. The summed E-state index contributed by atoms with van der Waals surface area (Å²) in [6, 6.07) is 8.17. The van der Waals surface area contributed by atoms with Gasteiger partial charge in [0.1, 0.15) is 0 Å².